The van der Waals surface area contributed by atoms with Gasteiger partial charge in [-0.2, -0.15) is 0 Å². The minimum atomic E-state index is -0.472. The highest BCUT2D eigenvalue weighted by atomic mass is 16.5. The zero-order valence-corrected chi connectivity index (χ0v) is 16.8. The lowest BCUT2D eigenvalue weighted by molar-refractivity contribution is -0.147. The van der Waals surface area contributed by atoms with E-state index in [1.807, 2.05) is 37.3 Å². The molecule has 0 heterocycles. The molecule has 0 fully saturated rings. The van der Waals surface area contributed by atoms with Crippen LogP contribution >= 0.6 is 0 Å². The van der Waals surface area contributed by atoms with Gasteiger partial charge in [0, 0.05) is 17.7 Å². The summed E-state index contributed by atoms with van der Waals surface area (Å²) in [7, 11) is 3.08. The fraction of sp³-hybridized carbons (Fsp3) is 0.364. The summed E-state index contributed by atoms with van der Waals surface area (Å²) in [4.78, 5) is 25.0. The van der Waals surface area contributed by atoms with Gasteiger partial charge in [0.25, 0.3) is 5.91 Å². The van der Waals surface area contributed by atoms with Crippen LogP contribution in [0.3, 0.4) is 0 Å². The number of esters is 1. The van der Waals surface area contributed by atoms with Crippen molar-refractivity contribution in [3.63, 3.8) is 0 Å². The fourth-order valence-electron chi connectivity index (χ4n) is 2.93. The molecule has 6 heteroatoms. The van der Waals surface area contributed by atoms with Crippen LogP contribution in [0.2, 0.25) is 0 Å². The van der Waals surface area contributed by atoms with Gasteiger partial charge in [0.15, 0.2) is 0 Å². The summed E-state index contributed by atoms with van der Waals surface area (Å²) >= 11 is 0. The van der Waals surface area contributed by atoms with Crippen LogP contribution in [-0.2, 0) is 16.0 Å². The standard InChI is InChI=1S/C22H27NO5/c1-5-28-22(25)18(11-16-9-7-6-8-10-16)14-23-21(24)17-12-19(26-3)15(2)20(13-17)27-4/h6-10,12-13,18H,5,11,14H2,1-4H3,(H,23,24). The monoisotopic (exact) mass is 385 g/mol. The molecule has 1 amide bonds. The van der Waals surface area contributed by atoms with Gasteiger partial charge in [0.2, 0.25) is 0 Å². The lowest BCUT2D eigenvalue weighted by Gasteiger charge is -2.17. The Morgan fingerprint density at radius 3 is 2.18 bits per heavy atom. The molecule has 0 spiro atoms. The van der Waals surface area contributed by atoms with Gasteiger partial charge in [0.1, 0.15) is 11.5 Å². The van der Waals surface area contributed by atoms with Crippen molar-refractivity contribution in [3.05, 3.63) is 59.2 Å². The van der Waals surface area contributed by atoms with E-state index in [0.717, 1.165) is 11.1 Å². The largest absolute Gasteiger partial charge is 0.496 e. The van der Waals surface area contributed by atoms with Gasteiger partial charge in [-0.05, 0) is 38.0 Å². The van der Waals surface area contributed by atoms with Crippen LogP contribution in [0, 0.1) is 12.8 Å². The maximum absolute atomic E-state index is 12.7. The lowest BCUT2D eigenvalue weighted by Crippen LogP contribution is -2.35. The van der Waals surface area contributed by atoms with Crippen molar-refractivity contribution in [2.24, 2.45) is 5.92 Å². The van der Waals surface area contributed by atoms with Crippen LogP contribution in [-0.4, -0.2) is 39.2 Å². The Kier molecular flexibility index (Phi) is 7.87. The molecule has 6 nitrogen and oxygen atoms in total. The number of rotatable bonds is 9. The second-order valence-electron chi connectivity index (χ2n) is 6.35. The van der Waals surface area contributed by atoms with Crippen LogP contribution in [0.15, 0.2) is 42.5 Å². The van der Waals surface area contributed by atoms with Crippen molar-refractivity contribution < 1.29 is 23.8 Å². The predicted molar refractivity (Wildman–Crippen MR) is 107 cm³/mol. The van der Waals surface area contributed by atoms with Crippen molar-refractivity contribution in [3.8, 4) is 11.5 Å². The molecule has 0 saturated carbocycles. The van der Waals surface area contributed by atoms with Gasteiger partial charge >= 0.3 is 5.97 Å². The summed E-state index contributed by atoms with van der Waals surface area (Å²) in [6.07, 6.45) is 0.487. The molecule has 1 N–H and O–H groups in total. The second kappa shape index (κ2) is 10.3. The van der Waals surface area contributed by atoms with E-state index >= 15 is 0 Å². The van der Waals surface area contributed by atoms with E-state index in [4.69, 9.17) is 14.2 Å². The van der Waals surface area contributed by atoms with Gasteiger partial charge in [-0.25, -0.2) is 0 Å². The number of nitrogens with one attached hydrogen (secondary N) is 1. The minimum Gasteiger partial charge on any atom is -0.496 e. The molecule has 0 bridgehead atoms. The SMILES string of the molecule is CCOC(=O)C(CNC(=O)c1cc(OC)c(C)c(OC)c1)Cc1ccccc1. The molecule has 2 aromatic carbocycles. The van der Waals surface area contributed by atoms with E-state index in [-0.39, 0.29) is 18.4 Å². The molecular weight excluding hydrogens is 358 g/mol. The summed E-state index contributed by atoms with van der Waals surface area (Å²) in [6, 6.07) is 13.0. The number of hydrogen-bond acceptors (Lipinski definition) is 5. The maximum Gasteiger partial charge on any atom is 0.311 e. The van der Waals surface area contributed by atoms with Gasteiger partial charge in [-0.15, -0.1) is 0 Å². The molecule has 1 unspecified atom stereocenters. The number of benzene rings is 2. The Morgan fingerprint density at radius 1 is 1.04 bits per heavy atom. The summed E-state index contributed by atoms with van der Waals surface area (Å²) in [5, 5.41) is 2.83. The maximum atomic E-state index is 12.7. The second-order valence-corrected chi connectivity index (χ2v) is 6.35. The lowest BCUT2D eigenvalue weighted by atomic mass is 9.99. The van der Waals surface area contributed by atoms with Crippen LogP contribution in [0.4, 0.5) is 0 Å². The van der Waals surface area contributed by atoms with Crippen molar-refractivity contribution in [1.29, 1.82) is 0 Å². The highest BCUT2D eigenvalue weighted by Crippen LogP contribution is 2.29. The van der Waals surface area contributed by atoms with Crippen molar-refractivity contribution in [1.82, 2.24) is 5.32 Å². The topological polar surface area (TPSA) is 73.9 Å². The molecule has 0 aliphatic heterocycles. The van der Waals surface area contributed by atoms with E-state index in [0.29, 0.717) is 30.1 Å². The first kappa shape index (κ1) is 21.3. The minimum absolute atomic E-state index is 0.172. The van der Waals surface area contributed by atoms with E-state index in [1.54, 1.807) is 33.3 Å². The van der Waals surface area contributed by atoms with Crippen molar-refractivity contribution in [2.75, 3.05) is 27.4 Å². The van der Waals surface area contributed by atoms with Gasteiger partial charge in [-0.3, -0.25) is 9.59 Å². The average Bonchev–Trinajstić information content (AvgIpc) is 2.71. The van der Waals surface area contributed by atoms with E-state index in [1.165, 1.54) is 0 Å². The number of carbonyl (C=O) groups is 2. The third-order valence-electron chi connectivity index (χ3n) is 4.47. The highest BCUT2D eigenvalue weighted by molar-refractivity contribution is 5.95. The molecule has 0 saturated heterocycles. The zero-order chi connectivity index (χ0) is 20.5. The van der Waals surface area contributed by atoms with E-state index in [9.17, 15) is 9.59 Å². The molecule has 2 rings (SSSR count). The number of methoxy groups -OCH3 is 2. The number of amides is 1. The Balaban J connectivity index is 2.13. The first-order valence-electron chi connectivity index (χ1n) is 9.21. The summed E-state index contributed by atoms with van der Waals surface area (Å²) in [5.74, 6) is 0.0247. The molecule has 0 aliphatic rings. The predicted octanol–water partition coefficient (Wildman–Crippen LogP) is 3.16. The van der Waals surface area contributed by atoms with Gasteiger partial charge < -0.3 is 19.5 Å². The molecule has 28 heavy (non-hydrogen) atoms. The Labute approximate surface area is 165 Å². The number of hydrogen-bond donors (Lipinski definition) is 1. The third kappa shape index (κ3) is 5.49. The number of ether oxygens (including phenoxy) is 3. The van der Waals surface area contributed by atoms with Crippen LogP contribution in [0.5, 0.6) is 11.5 Å². The number of carbonyl (C=O) groups excluding carboxylic acids is 2. The Hall–Kier alpha value is -3.02. The third-order valence-corrected chi connectivity index (χ3v) is 4.47. The molecule has 0 radical (unpaired) electrons. The first-order chi connectivity index (χ1) is 13.5. The van der Waals surface area contributed by atoms with Gasteiger partial charge in [0.05, 0.1) is 26.7 Å². The molecule has 0 aromatic heterocycles. The van der Waals surface area contributed by atoms with Crippen molar-refractivity contribution in [2.45, 2.75) is 20.3 Å². The Morgan fingerprint density at radius 2 is 1.64 bits per heavy atom. The van der Waals surface area contributed by atoms with Crippen LogP contribution in [0.1, 0.15) is 28.4 Å². The van der Waals surface area contributed by atoms with E-state index in [2.05, 4.69) is 5.32 Å². The quantitative estimate of drug-likeness (QED) is 0.671. The molecular formula is C22H27NO5. The molecule has 2 aromatic rings. The molecule has 0 aliphatic carbocycles. The van der Waals surface area contributed by atoms with Crippen LogP contribution in [0.25, 0.3) is 0 Å². The summed E-state index contributed by atoms with van der Waals surface area (Å²) < 4.78 is 15.8. The summed E-state index contributed by atoms with van der Waals surface area (Å²) in [6.45, 7) is 4.09. The molecule has 1 atom stereocenters. The first-order valence-corrected chi connectivity index (χ1v) is 9.21. The summed E-state index contributed by atoms with van der Waals surface area (Å²) in [5.41, 5.74) is 2.23. The van der Waals surface area contributed by atoms with E-state index < -0.39 is 5.92 Å². The van der Waals surface area contributed by atoms with Crippen LogP contribution < -0.4 is 14.8 Å². The molecule has 150 valence electrons. The average molecular weight is 385 g/mol. The Bertz CT molecular complexity index is 779. The smallest absolute Gasteiger partial charge is 0.311 e. The normalized spacial score (nSPS) is 11.4. The zero-order valence-electron chi connectivity index (χ0n) is 16.8. The fourth-order valence-corrected chi connectivity index (χ4v) is 2.93. The highest BCUT2D eigenvalue weighted by Gasteiger charge is 2.22. The van der Waals surface area contributed by atoms with Gasteiger partial charge in [-0.1, -0.05) is 30.3 Å². The van der Waals surface area contributed by atoms with Crippen molar-refractivity contribution >= 4 is 11.9 Å².